The number of urea groups is 1. The zero-order valence-electron chi connectivity index (χ0n) is 25.5. The Bertz CT molecular complexity index is 1360. The minimum absolute atomic E-state index is 0.00925. The average Bonchev–Trinajstić information content (AvgIpc) is 3.06. The maximum absolute atomic E-state index is 13.0. The van der Waals surface area contributed by atoms with Gasteiger partial charge in [0.2, 0.25) is 0 Å². The molecule has 2 aliphatic rings. The fraction of sp³-hybridized carbons (Fsp3) is 0.429. The minimum Gasteiger partial charge on any atom is -0.467 e. The third kappa shape index (κ3) is 8.24. The van der Waals surface area contributed by atoms with Gasteiger partial charge in [-0.15, -0.1) is 0 Å². The predicted molar refractivity (Wildman–Crippen MR) is 168 cm³/mol. The van der Waals surface area contributed by atoms with Crippen LogP contribution in [0.25, 0.3) is 0 Å². The van der Waals surface area contributed by atoms with Crippen molar-refractivity contribution in [2.75, 3.05) is 32.1 Å². The summed E-state index contributed by atoms with van der Waals surface area (Å²) in [5.74, 6) is -0.422. The summed E-state index contributed by atoms with van der Waals surface area (Å²) in [6, 6.07) is 23.4. The van der Waals surface area contributed by atoms with Crippen molar-refractivity contribution in [1.29, 1.82) is 0 Å². The molecule has 2 amide bonds. The smallest absolute Gasteiger partial charge is 0.328 e. The van der Waals surface area contributed by atoms with Crippen LogP contribution in [0.15, 0.2) is 78.9 Å². The number of carbonyl (C=O) groups is 2. The highest BCUT2D eigenvalue weighted by atomic mass is 16.7. The minimum atomic E-state index is -0.842. The summed E-state index contributed by atoms with van der Waals surface area (Å²) >= 11 is 0. The first-order chi connectivity index (χ1) is 21.4. The van der Waals surface area contributed by atoms with E-state index in [4.69, 9.17) is 14.2 Å². The van der Waals surface area contributed by atoms with Crippen LogP contribution in [0, 0.1) is 5.92 Å². The number of rotatable bonds is 10. The number of amides is 2. The second-order valence-electron chi connectivity index (χ2n) is 11.7. The lowest BCUT2D eigenvalue weighted by atomic mass is 9.89. The van der Waals surface area contributed by atoms with E-state index >= 15 is 0 Å². The molecule has 9 nitrogen and oxygen atoms in total. The quantitative estimate of drug-likeness (QED) is 0.269. The van der Waals surface area contributed by atoms with Crippen LogP contribution in [0.4, 0.5) is 10.5 Å². The number of aliphatic hydroxyl groups excluding tert-OH is 1. The summed E-state index contributed by atoms with van der Waals surface area (Å²) in [7, 11) is 1.31. The highest BCUT2D eigenvalue weighted by Gasteiger charge is 2.39. The predicted octanol–water partition coefficient (Wildman–Crippen LogP) is 5.36. The number of benzene rings is 3. The van der Waals surface area contributed by atoms with Crippen molar-refractivity contribution in [3.8, 4) is 0 Å². The van der Waals surface area contributed by atoms with Gasteiger partial charge >= 0.3 is 12.0 Å². The molecule has 0 unspecified atom stereocenters. The maximum Gasteiger partial charge on any atom is 0.328 e. The zero-order chi connectivity index (χ0) is 30.9. The maximum atomic E-state index is 13.0. The SMILES string of the molecule is COC(=O)[C@H](Cc1ccccc1)NC(=O)Nc1cccc([C@H]2O[C@@H](CN3CCCCC3)[C@@H](C)[C@@H](c3ccc(CO)cc3)O2)c1. The normalized spacial score (nSPS) is 23.0. The number of carbonyl (C=O) groups excluding carboxylic acids is 2. The Kier molecular flexibility index (Phi) is 11.0. The molecular formula is C35H43N3O6. The average molecular weight is 602 g/mol. The Morgan fingerprint density at radius 3 is 2.39 bits per heavy atom. The van der Waals surface area contributed by atoms with Gasteiger partial charge in [0.1, 0.15) is 6.04 Å². The van der Waals surface area contributed by atoms with Crippen molar-refractivity contribution in [1.82, 2.24) is 10.2 Å². The van der Waals surface area contributed by atoms with Crippen LogP contribution < -0.4 is 10.6 Å². The highest BCUT2D eigenvalue weighted by molar-refractivity contribution is 5.92. The molecule has 0 spiro atoms. The molecule has 3 aromatic rings. The number of likely N-dealkylation sites (tertiary alicyclic amines) is 1. The first kappa shape index (κ1) is 31.7. The molecule has 0 saturated carbocycles. The molecule has 234 valence electrons. The zero-order valence-corrected chi connectivity index (χ0v) is 25.5. The third-order valence-electron chi connectivity index (χ3n) is 8.50. The lowest BCUT2D eigenvalue weighted by Gasteiger charge is -2.43. The van der Waals surface area contributed by atoms with Gasteiger partial charge < -0.3 is 34.9 Å². The molecule has 0 aromatic heterocycles. The number of nitrogens with one attached hydrogen (secondary N) is 2. The molecule has 9 heteroatoms. The molecule has 2 saturated heterocycles. The Morgan fingerprint density at radius 1 is 0.932 bits per heavy atom. The number of esters is 1. The van der Waals surface area contributed by atoms with Crippen LogP contribution in [0.2, 0.25) is 0 Å². The van der Waals surface area contributed by atoms with Gasteiger partial charge in [-0.3, -0.25) is 0 Å². The van der Waals surface area contributed by atoms with E-state index in [1.54, 1.807) is 6.07 Å². The summed E-state index contributed by atoms with van der Waals surface area (Å²) in [5, 5.41) is 15.1. The van der Waals surface area contributed by atoms with Crippen molar-refractivity contribution < 1.29 is 28.9 Å². The molecule has 5 atom stereocenters. The fourth-order valence-electron chi connectivity index (χ4n) is 6.00. The van der Waals surface area contributed by atoms with E-state index in [0.29, 0.717) is 12.1 Å². The molecule has 0 aliphatic carbocycles. The molecule has 3 N–H and O–H groups in total. The molecular weight excluding hydrogens is 558 g/mol. The number of ether oxygens (including phenoxy) is 3. The standard InChI is InChI=1S/C35H43N3O6/c1-24-31(22-38-18-7-4-8-19-38)43-34(44-32(24)27-16-14-26(23-39)15-17-27)28-12-9-13-29(21-28)36-35(41)37-30(33(40)42-2)20-25-10-5-3-6-11-25/h3,5-6,9-17,21,24,30-32,34,39H,4,7-8,18-20,22-23H2,1-2H3,(H2,36,37,41)/t24-,30+,31+,32+,34+/m1/s1. The number of aliphatic hydroxyl groups is 1. The van der Waals surface area contributed by atoms with E-state index in [9.17, 15) is 14.7 Å². The van der Waals surface area contributed by atoms with Crippen LogP contribution >= 0.6 is 0 Å². The Morgan fingerprint density at radius 2 is 1.68 bits per heavy atom. The number of nitrogens with zero attached hydrogens (tertiary/aromatic N) is 1. The van der Waals surface area contributed by atoms with E-state index < -0.39 is 24.3 Å². The lowest BCUT2D eigenvalue weighted by molar-refractivity contribution is -0.276. The van der Waals surface area contributed by atoms with Crippen LogP contribution in [-0.4, -0.2) is 60.9 Å². The summed E-state index contributed by atoms with van der Waals surface area (Å²) in [5.41, 5.74) is 4.12. The van der Waals surface area contributed by atoms with Crippen LogP contribution in [0.1, 0.15) is 60.8 Å². The van der Waals surface area contributed by atoms with Crippen LogP contribution in [0.3, 0.4) is 0 Å². The fourth-order valence-corrected chi connectivity index (χ4v) is 6.00. The number of hydrogen-bond donors (Lipinski definition) is 3. The van der Waals surface area contributed by atoms with E-state index in [1.165, 1.54) is 26.4 Å². The molecule has 5 rings (SSSR count). The Balaban J connectivity index is 1.31. The van der Waals surface area contributed by atoms with E-state index in [2.05, 4.69) is 22.5 Å². The van der Waals surface area contributed by atoms with E-state index in [1.807, 2.05) is 72.8 Å². The molecule has 2 fully saturated rings. The second-order valence-corrected chi connectivity index (χ2v) is 11.7. The summed E-state index contributed by atoms with van der Waals surface area (Å²) in [4.78, 5) is 27.9. The molecule has 2 heterocycles. The highest BCUT2D eigenvalue weighted by Crippen LogP contribution is 2.42. The van der Waals surface area contributed by atoms with E-state index in [-0.39, 0.29) is 24.7 Å². The van der Waals surface area contributed by atoms with Gasteiger partial charge in [0.15, 0.2) is 6.29 Å². The van der Waals surface area contributed by atoms with E-state index in [0.717, 1.165) is 41.9 Å². The second kappa shape index (κ2) is 15.3. The Labute approximate surface area is 259 Å². The van der Waals surface area contributed by atoms with Gasteiger partial charge in [-0.05, 0) is 54.8 Å². The van der Waals surface area contributed by atoms with Gasteiger partial charge in [-0.1, -0.05) is 80.1 Å². The van der Waals surface area contributed by atoms with Gasteiger partial charge in [0, 0.05) is 30.1 Å². The monoisotopic (exact) mass is 601 g/mol. The molecule has 2 aliphatic heterocycles. The van der Waals surface area contributed by atoms with Gasteiger partial charge in [0.05, 0.1) is 25.9 Å². The van der Waals surface area contributed by atoms with Crippen LogP contribution in [0.5, 0.6) is 0 Å². The number of hydrogen-bond acceptors (Lipinski definition) is 7. The topological polar surface area (TPSA) is 109 Å². The lowest BCUT2D eigenvalue weighted by Crippen LogP contribution is -2.45. The van der Waals surface area contributed by atoms with Gasteiger partial charge in [0.25, 0.3) is 0 Å². The summed E-state index contributed by atoms with van der Waals surface area (Å²) < 4.78 is 18.2. The van der Waals surface area contributed by atoms with Crippen molar-refractivity contribution in [2.24, 2.45) is 5.92 Å². The van der Waals surface area contributed by atoms with Crippen molar-refractivity contribution in [3.63, 3.8) is 0 Å². The third-order valence-corrected chi connectivity index (χ3v) is 8.50. The number of anilines is 1. The molecule has 0 radical (unpaired) electrons. The first-order valence-corrected chi connectivity index (χ1v) is 15.5. The van der Waals surface area contributed by atoms with Crippen LogP contribution in [-0.2, 0) is 32.0 Å². The Hall–Kier alpha value is -3.76. The van der Waals surface area contributed by atoms with Crippen molar-refractivity contribution in [2.45, 2.75) is 63.8 Å². The first-order valence-electron chi connectivity index (χ1n) is 15.5. The number of piperidine rings is 1. The number of methoxy groups -OCH3 is 1. The van der Waals surface area contributed by atoms with Gasteiger partial charge in [-0.2, -0.15) is 0 Å². The van der Waals surface area contributed by atoms with Crippen molar-refractivity contribution in [3.05, 3.63) is 101 Å². The van der Waals surface area contributed by atoms with Crippen molar-refractivity contribution >= 4 is 17.7 Å². The summed E-state index contributed by atoms with van der Waals surface area (Å²) in [6.45, 7) is 5.12. The molecule has 0 bridgehead atoms. The summed E-state index contributed by atoms with van der Waals surface area (Å²) in [6.07, 6.45) is 3.05. The largest absolute Gasteiger partial charge is 0.467 e. The molecule has 44 heavy (non-hydrogen) atoms. The molecule has 3 aromatic carbocycles. The van der Waals surface area contributed by atoms with Gasteiger partial charge in [-0.25, -0.2) is 9.59 Å².